The molecule has 1 aromatic rings. The molecule has 1 aliphatic rings. The molecule has 0 aliphatic carbocycles. The highest BCUT2D eigenvalue weighted by molar-refractivity contribution is 6.32. The van der Waals surface area contributed by atoms with E-state index in [1.165, 1.54) is 0 Å². The Morgan fingerprint density at radius 1 is 1.53 bits per heavy atom. The van der Waals surface area contributed by atoms with Gasteiger partial charge in [-0.1, -0.05) is 18.5 Å². The summed E-state index contributed by atoms with van der Waals surface area (Å²) in [7, 11) is 0. The van der Waals surface area contributed by atoms with Crippen molar-refractivity contribution in [2.24, 2.45) is 0 Å². The Balaban J connectivity index is 2.02. The van der Waals surface area contributed by atoms with Gasteiger partial charge in [-0.25, -0.2) is 5.10 Å². The average Bonchev–Trinajstić information content (AvgIpc) is 2.65. The zero-order chi connectivity index (χ0) is 13.7. The van der Waals surface area contributed by atoms with Crippen LogP contribution >= 0.6 is 11.6 Å². The van der Waals surface area contributed by atoms with Gasteiger partial charge >= 0.3 is 0 Å². The number of aromatic nitrogens is 2. The zero-order valence-corrected chi connectivity index (χ0v) is 11.9. The monoisotopic (exact) mass is 285 g/mol. The quantitative estimate of drug-likeness (QED) is 0.921. The van der Waals surface area contributed by atoms with Crippen molar-refractivity contribution in [3.05, 3.63) is 21.6 Å². The summed E-state index contributed by atoms with van der Waals surface area (Å²) >= 11 is 6.04. The van der Waals surface area contributed by atoms with E-state index in [9.17, 15) is 4.79 Å². The smallest absolute Gasteiger partial charge is 0.285 e. The molecule has 2 rings (SSSR count). The average molecular weight is 286 g/mol. The van der Waals surface area contributed by atoms with Crippen LogP contribution in [0.1, 0.15) is 32.6 Å². The minimum absolute atomic E-state index is 0.225. The number of hydrogen-bond donors (Lipinski definition) is 1. The van der Waals surface area contributed by atoms with Crippen LogP contribution in [-0.4, -0.2) is 36.0 Å². The van der Waals surface area contributed by atoms with Crippen LogP contribution in [0.2, 0.25) is 5.02 Å². The Kier molecular flexibility index (Phi) is 5.22. The molecular weight excluding hydrogens is 266 g/mol. The summed E-state index contributed by atoms with van der Waals surface area (Å²) in [5.41, 5.74) is 0.392. The lowest BCUT2D eigenvalue weighted by Crippen LogP contribution is -2.27. The van der Waals surface area contributed by atoms with E-state index in [0.29, 0.717) is 6.10 Å². The SMILES string of the molecule is CCCOC1CCCN(c2cn[nH]c(=O)c2Cl)CC1. The van der Waals surface area contributed by atoms with Crippen LogP contribution in [0.15, 0.2) is 11.0 Å². The lowest BCUT2D eigenvalue weighted by molar-refractivity contribution is 0.0461. The molecule has 0 radical (unpaired) electrons. The molecule has 1 saturated heterocycles. The molecule has 0 aromatic carbocycles. The van der Waals surface area contributed by atoms with Crippen molar-refractivity contribution in [3.63, 3.8) is 0 Å². The maximum absolute atomic E-state index is 11.5. The molecule has 1 atom stereocenters. The number of nitrogens with zero attached hydrogens (tertiary/aromatic N) is 2. The first-order valence-corrected chi connectivity index (χ1v) is 7.20. The van der Waals surface area contributed by atoms with Gasteiger partial charge in [0.25, 0.3) is 5.56 Å². The van der Waals surface area contributed by atoms with E-state index in [4.69, 9.17) is 16.3 Å². The van der Waals surface area contributed by atoms with Gasteiger partial charge in [-0.3, -0.25) is 4.79 Å². The Hall–Kier alpha value is -1.07. The Morgan fingerprint density at radius 2 is 2.37 bits per heavy atom. The van der Waals surface area contributed by atoms with Crippen LogP contribution in [0, 0.1) is 0 Å². The fourth-order valence-corrected chi connectivity index (χ4v) is 2.56. The normalized spacial score (nSPS) is 20.3. The number of ether oxygens (including phenoxy) is 1. The molecule has 1 fully saturated rings. The first-order chi connectivity index (χ1) is 9.22. The third kappa shape index (κ3) is 3.70. The Labute approximate surface area is 117 Å². The molecule has 1 aliphatic heterocycles. The van der Waals surface area contributed by atoms with Gasteiger partial charge in [-0.15, -0.1) is 0 Å². The van der Waals surface area contributed by atoms with E-state index in [2.05, 4.69) is 22.0 Å². The van der Waals surface area contributed by atoms with Crippen LogP contribution in [0.4, 0.5) is 5.69 Å². The van der Waals surface area contributed by atoms with Gasteiger partial charge in [-0.2, -0.15) is 5.10 Å². The molecule has 1 unspecified atom stereocenters. The van der Waals surface area contributed by atoms with E-state index in [1.807, 2.05) is 0 Å². The number of hydrogen-bond acceptors (Lipinski definition) is 4. The maximum Gasteiger partial charge on any atom is 0.285 e. The van der Waals surface area contributed by atoms with Gasteiger partial charge in [0.1, 0.15) is 5.02 Å². The van der Waals surface area contributed by atoms with Crippen molar-refractivity contribution in [2.45, 2.75) is 38.7 Å². The second kappa shape index (κ2) is 6.91. The lowest BCUT2D eigenvalue weighted by atomic mass is 10.2. The number of nitrogens with one attached hydrogen (secondary N) is 1. The molecule has 1 N–H and O–H groups in total. The molecule has 0 bridgehead atoms. The number of H-pyrrole nitrogens is 1. The molecular formula is C13H20ClN3O2. The Morgan fingerprint density at radius 3 is 3.16 bits per heavy atom. The van der Waals surface area contributed by atoms with Crippen molar-refractivity contribution in [1.82, 2.24) is 10.2 Å². The molecule has 19 heavy (non-hydrogen) atoms. The molecule has 6 heteroatoms. The molecule has 0 amide bonds. The number of rotatable bonds is 4. The largest absolute Gasteiger partial charge is 0.378 e. The third-order valence-electron chi connectivity index (χ3n) is 3.35. The highest BCUT2D eigenvalue weighted by Crippen LogP contribution is 2.24. The summed E-state index contributed by atoms with van der Waals surface area (Å²) in [6.45, 7) is 4.67. The summed E-state index contributed by atoms with van der Waals surface area (Å²) in [6.07, 6.45) is 6.05. The maximum atomic E-state index is 11.5. The van der Waals surface area contributed by atoms with Gasteiger partial charge in [0.2, 0.25) is 0 Å². The predicted molar refractivity (Wildman–Crippen MR) is 76.0 cm³/mol. The molecule has 1 aromatic heterocycles. The van der Waals surface area contributed by atoms with Crippen molar-refractivity contribution < 1.29 is 4.74 Å². The predicted octanol–water partition coefficient (Wildman–Crippen LogP) is 2.21. The van der Waals surface area contributed by atoms with Gasteiger partial charge in [0.05, 0.1) is 18.0 Å². The standard InChI is InChI=1S/C13H20ClN3O2/c1-2-8-19-10-4-3-6-17(7-5-10)11-9-15-16-13(18)12(11)14/h9-10H,2-8H2,1H3,(H,16,18). The molecule has 0 saturated carbocycles. The van der Waals surface area contributed by atoms with Gasteiger partial charge in [0.15, 0.2) is 0 Å². The van der Waals surface area contributed by atoms with Crippen LogP contribution in [0.25, 0.3) is 0 Å². The summed E-state index contributed by atoms with van der Waals surface area (Å²) < 4.78 is 5.81. The van der Waals surface area contributed by atoms with Crippen LogP contribution < -0.4 is 10.5 Å². The second-order valence-corrected chi connectivity index (χ2v) is 5.19. The Bertz CT molecular complexity index is 463. The van der Waals surface area contributed by atoms with Crippen molar-refractivity contribution in [2.75, 3.05) is 24.6 Å². The van der Waals surface area contributed by atoms with Gasteiger partial charge in [-0.05, 0) is 25.7 Å². The van der Waals surface area contributed by atoms with Crippen molar-refractivity contribution in [1.29, 1.82) is 0 Å². The summed E-state index contributed by atoms with van der Waals surface area (Å²) in [5, 5.41) is 6.39. The molecule has 5 nitrogen and oxygen atoms in total. The first kappa shape index (κ1) is 14.3. The van der Waals surface area contributed by atoms with E-state index in [-0.39, 0.29) is 10.6 Å². The van der Waals surface area contributed by atoms with Crippen molar-refractivity contribution >= 4 is 17.3 Å². The first-order valence-electron chi connectivity index (χ1n) is 6.82. The second-order valence-electron chi connectivity index (χ2n) is 4.81. The highest BCUT2D eigenvalue weighted by atomic mass is 35.5. The van der Waals surface area contributed by atoms with Crippen LogP contribution in [0.3, 0.4) is 0 Å². The fraction of sp³-hybridized carbons (Fsp3) is 0.692. The number of anilines is 1. The van der Waals surface area contributed by atoms with Crippen molar-refractivity contribution in [3.8, 4) is 0 Å². The lowest BCUT2D eigenvalue weighted by Gasteiger charge is -2.22. The van der Waals surface area contributed by atoms with Gasteiger partial charge < -0.3 is 9.64 Å². The molecule has 0 spiro atoms. The number of aromatic amines is 1. The summed E-state index contributed by atoms with van der Waals surface area (Å²) in [6, 6.07) is 0. The van der Waals surface area contributed by atoms with Gasteiger partial charge in [0, 0.05) is 19.7 Å². The molecule has 106 valence electrons. The summed E-state index contributed by atoms with van der Waals surface area (Å²) in [4.78, 5) is 13.6. The van der Waals surface area contributed by atoms with Crippen LogP contribution in [-0.2, 0) is 4.74 Å². The van der Waals surface area contributed by atoms with E-state index < -0.39 is 0 Å². The third-order valence-corrected chi connectivity index (χ3v) is 3.72. The van der Waals surface area contributed by atoms with Crippen LogP contribution in [0.5, 0.6) is 0 Å². The van der Waals surface area contributed by atoms with E-state index in [0.717, 1.165) is 51.1 Å². The zero-order valence-electron chi connectivity index (χ0n) is 11.2. The minimum Gasteiger partial charge on any atom is -0.378 e. The summed E-state index contributed by atoms with van der Waals surface area (Å²) in [5.74, 6) is 0. The fourth-order valence-electron chi connectivity index (χ4n) is 2.35. The molecule has 2 heterocycles. The minimum atomic E-state index is -0.331. The highest BCUT2D eigenvalue weighted by Gasteiger charge is 2.20. The topological polar surface area (TPSA) is 58.2 Å². The number of halogens is 1. The van der Waals surface area contributed by atoms with E-state index in [1.54, 1.807) is 6.20 Å². The van der Waals surface area contributed by atoms with E-state index >= 15 is 0 Å².